The average molecular weight is 349 g/mol. The number of carboxylic acid groups (broad SMARTS) is 1. The molecule has 0 radical (unpaired) electrons. The first kappa shape index (κ1) is 13.9. The highest BCUT2D eigenvalue weighted by molar-refractivity contribution is 14.1. The van der Waals surface area contributed by atoms with Crippen LogP contribution < -0.4 is 0 Å². The Morgan fingerprint density at radius 3 is 2.65 bits per heavy atom. The summed E-state index contributed by atoms with van der Waals surface area (Å²) < 4.78 is 0.203. The minimum absolute atomic E-state index is 0.0162. The molecule has 0 heterocycles. The fourth-order valence-electron chi connectivity index (χ4n) is 1.54. The molecular formula is C11H12INO4. The molecule has 0 saturated carbocycles. The van der Waals surface area contributed by atoms with Crippen molar-refractivity contribution in [2.75, 3.05) is 0 Å². The largest absolute Gasteiger partial charge is 0.478 e. The van der Waals surface area contributed by atoms with Gasteiger partial charge in [0.1, 0.15) is 3.57 Å². The number of nitro benzene ring substituents is 1. The SMILES string of the molecule is CCCCc1ccc(C(=O)O)c(I)c1[N+](=O)[O-]. The van der Waals surface area contributed by atoms with Crippen LogP contribution in [0, 0.1) is 13.7 Å². The van der Waals surface area contributed by atoms with Crippen molar-refractivity contribution in [1.29, 1.82) is 0 Å². The van der Waals surface area contributed by atoms with E-state index in [0.717, 1.165) is 12.8 Å². The van der Waals surface area contributed by atoms with E-state index < -0.39 is 10.9 Å². The van der Waals surface area contributed by atoms with Crippen molar-refractivity contribution in [1.82, 2.24) is 0 Å². The molecule has 0 fully saturated rings. The summed E-state index contributed by atoms with van der Waals surface area (Å²) in [6.07, 6.45) is 2.39. The van der Waals surface area contributed by atoms with E-state index in [0.29, 0.717) is 12.0 Å². The number of nitrogens with zero attached hydrogens (tertiary/aromatic N) is 1. The molecule has 0 aliphatic carbocycles. The number of carboxylic acids is 1. The molecule has 0 spiro atoms. The first-order valence-electron chi connectivity index (χ1n) is 5.18. The Hall–Kier alpha value is -1.18. The molecule has 1 rings (SSSR count). The van der Waals surface area contributed by atoms with Gasteiger partial charge in [-0.2, -0.15) is 0 Å². The molecule has 92 valence electrons. The third-order valence-corrected chi connectivity index (χ3v) is 3.50. The van der Waals surface area contributed by atoms with Gasteiger partial charge in [-0.25, -0.2) is 4.79 Å². The van der Waals surface area contributed by atoms with Crippen LogP contribution in [0.15, 0.2) is 12.1 Å². The van der Waals surface area contributed by atoms with Crippen molar-refractivity contribution in [2.45, 2.75) is 26.2 Å². The number of hydrogen-bond acceptors (Lipinski definition) is 3. The van der Waals surface area contributed by atoms with Crippen LogP contribution in [-0.2, 0) is 6.42 Å². The maximum absolute atomic E-state index is 11.0. The Morgan fingerprint density at radius 1 is 1.53 bits per heavy atom. The Kier molecular flexibility index (Phi) is 4.86. The fraction of sp³-hybridized carbons (Fsp3) is 0.364. The van der Waals surface area contributed by atoms with Gasteiger partial charge in [0.15, 0.2) is 0 Å². The van der Waals surface area contributed by atoms with Crippen LogP contribution in [0.4, 0.5) is 5.69 Å². The van der Waals surface area contributed by atoms with E-state index in [9.17, 15) is 14.9 Å². The summed E-state index contributed by atoms with van der Waals surface area (Å²) in [5, 5.41) is 19.9. The second kappa shape index (κ2) is 5.95. The number of rotatable bonds is 5. The summed E-state index contributed by atoms with van der Waals surface area (Å²) in [5.74, 6) is -1.14. The van der Waals surface area contributed by atoms with Crippen LogP contribution in [-0.4, -0.2) is 16.0 Å². The summed E-state index contributed by atoms with van der Waals surface area (Å²) in [7, 11) is 0. The average Bonchev–Trinajstić information content (AvgIpc) is 2.25. The highest BCUT2D eigenvalue weighted by atomic mass is 127. The minimum Gasteiger partial charge on any atom is -0.478 e. The first-order valence-corrected chi connectivity index (χ1v) is 6.26. The Balaban J connectivity index is 3.29. The molecule has 0 aliphatic heterocycles. The second-order valence-electron chi connectivity index (χ2n) is 3.60. The lowest BCUT2D eigenvalue weighted by atomic mass is 10.0. The van der Waals surface area contributed by atoms with Crippen molar-refractivity contribution in [3.8, 4) is 0 Å². The zero-order valence-corrected chi connectivity index (χ0v) is 11.4. The highest BCUT2D eigenvalue weighted by Crippen LogP contribution is 2.29. The van der Waals surface area contributed by atoms with Crippen molar-refractivity contribution in [3.05, 3.63) is 36.9 Å². The number of carbonyl (C=O) groups is 1. The van der Waals surface area contributed by atoms with E-state index in [1.807, 2.05) is 6.92 Å². The number of halogens is 1. The number of hydrogen-bond donors (Lipinski definition) is 1. The van der Waals surface area contributed by atoms with Gasteiger partial charge in [0.05, 0.1) is 10.5 Å². The zero-order chi connectivity index (χ0) is 13.0. The van der Waals surface area contributed by atoms with Crippen LogP contribution in [0.5, 0.6) is 0 Å². The molecule has 1 N–H and O–H groups in total. The molecule has 17 heavy (non-hydrogen) atoms. The van der Waals surface area contributed by atoms with Gasteiger partial charge in [-0.15, -0.1) is 0 Å². The van der Waals surface area contributed by atoms with Crippen molar-refractivity contribution in [3.63, 3.8) is 0 Å². The van der Waals surface area contributed by atoms with E-state index in [-0.39, 0.29) is 14.8 Å². The van der Waals surface area contributed by atoms with E-state index in [1.165, 1.54) is 6.07 Å². The smallest absolute Gasteiger partial charge is 0.337 e. The Labute approximate surface area is 112 Å². The monoisotopic (exact) mass is 349 g/mol. The molecule has 0 saturated heterocycles. The topological polar surface area (TPSA) is 80.4 Å². The molecule has 0 unspecified atom stereocenters. The summed E-state index contributed by atoms with van der Waals surface area (Å²) in [6, 6.07) is 2.97. The number of aromatic carboxylic acids is 1. The van der Waals surface area contributed by atoms with Gasteiger partial charge in [0.2, 0.25) is 0 Å². The van der Waals surface area contributed by atoms with Crippen LogP contribution in [0.3, 0.4) is 0 Å². The molecular weight excluding hydrogens is 337 g/mol. The number of unbranched alkanes of at least 4 members (excludes halogenated alkanes) is 1. The summed E-state index contributed by atoms with van der Waals surface area (Å²) in [5.41, 5.74) is 0.516. The maximum atomic E-state index is 11.0. The van der Waals surface area contributed by atoms with Crippen LogP contribution in [0.25, 0.3) is 0 Å². The molecule has 6 heteroatoms. The van der Waals surface area contributed by atoms with Gasteiger partial charge < -0.3 is 5.11 Å². The molecule has 1 aromatic carbocycles. The molecule has 5 nitrogen and oxygen atoms in total. The van der Waals surface area contributed by atoms with Crippen LogP contribution in [0.2, 0.25) is 0 Å². The number of aryl methyl sites for hydroxylation is 1. The lowest BCUT2D eigenvalue weighted by Gasteiger charge is -2.06. The van der Waals surface area contributed by atoms with Gasteiger partial charge in [0, 0.05) is 5.56 Å². The third kappa shape index (κ3) is 3.15. The molecule has 0 aromatic heterocycles. The quantitative estimate of drug-likeness (QED) is 0.503. The van der Waals surface area contributed by atoms with Gasteiger partial charge >= 0.3 is 5.97 Å². The third-order valence-electron chi connectivity index (χ3n) is 2.41. The van der Waals surface area contributed by atoms with E-state index in [1.54, 1.807) is 28.7 Å². The normalized spacial score (nSPS) is 10.2. The van der Waals surface area contributed by atoms with Gasteiger partial charge in [0.25, 0.3) is 5.69 Å². The maximum Gasteiger partial charge on any atom is 0.337 e. The number of nitro groups is 1. The Morgan fingerprint density at radius 2 is 2.18 bits per heavy atom. The zero-order valence-electron chi connectivity index (χ0n) is 9.27. The molecule has 0 bridgehead atoms. The molecule has 1 aromatic rings. The fourth-order valence-corrected chi connectivity index (χ4v) is 2.49. The lowest BCUT2D eigenvalue weighted by molar-refractivity contribution is -0.386. The van der Waals surface area contributed by atoms with Crippen molar-refractivity contribution in [2.24, 2.45) is 0 Å². The van der Waals surface area contributed by atoms with E-state index in [2.05, 4.69) is 0 Å². The predicted octanol–water partition coefficient (Wildman–Crippen LogP) is 3.24. The second-order valence-corrected chi connectivity index (χ2v) is 4.68. The van der Waals surface area contributed by atoms with Gasteiger partial charge in [-0.3, -0.25) is 10.1 Å². The molecule has 0 aliphatic rings. The van der Waals surface area contributed by atoms with Crippen molar-refractivity contribution < 1.29 is 14.8 Å². The highest BCUT2D eigenvalue weighted by Gasteiger charge is 2.23. The van der Waals surface area contributed by atoms with E-state index in [4.69, 9.17) is 5.11 Å². The molecule has 0 atom stereocenters. The van der Waals surface area contributed by atoms with Crippen LogP contribution >= 0.6 is 22.6 Å². The van der Waals surface area contributed by atoms with Gasteiger partial charge in [-0.1, -0.05) is 19.4 Å². The van der Waals surface area contributed by atoms with E-state index >= 15 is 0 Å². The van der Waals surface area contributed by atoms with Crippen LogP contribution in [0.1, 0.15) is 35.7 Å². The number of benzene rings is 1. The minimum atomic E-state index is -1.14. The standard InChI is InChI=1S/C11H12INO4/c1-2-3-4-7-5-6-8(11(14)15)9(12)10(7)13(16)17/h5-6H,2-4H2,1H3,(H,14,15). The molecule has 0 amide bonds. The first-order chi connectivity index (χ1) is 7.99. The Bertz CT molecular complexity index is 459. The summed E-state index contributed by atoms with van der Waals surface area (Å²) in [6.45, 7) is 2.00. The predicted molar refractivity (Wildman–Crippen MR) is 71.4 cm³/mol. The summed E-state index contributed by atoms with van der Waals surface area (Å²) >= 11 is 1.73. The lowest BCUT2D eigenvalue weighted by Crippen LogP contribution is -2.06. The van der Waals surface area contributed by atoms with Crippen molar-refractivity contribution >= 4 is 34.2 Å². The van der Waals surface area contributed by atoms with Gasteiger partial charge in [-0.05, 0) is 41.5 Å². The summed E-state index contributed by atoms with van der Waals surface area (Å²) in [4.78, 5) is 21.4.